The molecule has 2 aromatic carbocycles. The molecule has 7 heteroatoms. The van der Waals surface area contributed by atoms with Gasteiger partial charge < -0.3 is 14.8 Å². The number of ether oxygens (including phenoxy) is 2. The molecule has 0 radical (unpaired) electrons. The third kappa shape index (κ3) is 4.81. The summed E-state index contributed by atoms with van der Waals surface area (Å²) in [5, 5.41) is 14.3. The molecular formula is C23H23ClFN3O2. The van der Waals surface area contributed by atoms with E-state index in [1.165, 1.54) is 0 Å². The van der Waals surface area contributed by atoms with Gasteiger partial charge in [-0.25, -0.2) is 4.39 Å². The predicted octanol–water partition coefficient (Wildman–Crippen LogP) is 5.43. The van der Waals surface area contributed by atoms with E-state index in [1.807, 2.05) is 37.3 Å². The van der Waals surface area contributed by atoms with E-state index in [-0.39, 0.29) is 13.2 Å². The zero-order chi connectivity index (χ0) is 21.5. The van der Waals surface area contributed by atoms with Gasteiger partial charge in [-0.1, -0.05) is 24.6 Å². The number of nitrogens with zero attached hydrogens (tertiary/aromatic N) is 2. The molecule has 30 heavy (non-hydrogen) atoms. The lowest BCUT2D eigenvalue weighted by Crippen LogP contribution is -2.07. The van der Waals surface area contributed by atoms with Crippen LogP contribution in [-0.4, -0.2) is 25.4 Å². The maximum absolute atomic E-state index is 12.5. The molecule has 0 aliphatic heterocycles. The Kier molecular flexibility index (Phi) is 7.45. The minimum absolute atomic E-state index is 0.0179. The Labute approximate surface area is 180 Å². The van der Waals surface area contributed by atoms with Crippen LogP contribution in [0.1, 0.15) is 29.2 Å². The Bertz CT molecular complexity index is 1080. The lowest BCUT2D eigenvalue weighted by Gasteiger charge is -2.17. The number of hydrogen-bond donors (Lipinski definition) is 1. The molecule has 0 fully saturated rings. The number of halogens is 2. The molecule has 3 rings (SSSR count). The van der Waals surface area contributed by atoms with Crippen LogP contribution in [0.25, 0.3) is 10.9 Å². The molecule has 0 unspecified atom stereocenters. The number of alkyl halides is 1. The Hall–Kier alpha value is -2.88. The lowest BCUT2D eigenvalue weighted by molar-refractivity contribution is 0.107. The summed E-state index contributed by atoms with van der Waals surface area (Å²) in [6.45, 7) is 2.22. The Balaban J connectivity index is 2.02. The quantitative estimate of drug-likeness (QED) is 0.462. The summed E-state index contributed by atoms with van der Waals surface area (Å²) in [6.07, 6.45) is 2.50. The average Bonchev–Trinajstić information content (AvgIpc) is 2.77. The van der Waals surface area contributed by atoms with Crippen molar-refractivity contribution < 1.29 is 13.9 Å². The van der Waals surface area contributed by atoms with Gasteiger partial charge in [0.2, 0.25) is 0 Å². The van der Waals surface area contributed by atoms with Crippen molar-refractivity contribution in [1.82, 2.24) is 4.98 Å². The van der Waals surface area contributed by atoms with Crippen molar-refractivity contribution in [3.8, 4) is 11.8 Å². The summed E-state index contributed by atoms with van der Waals surface area (Å²) in [5.74, 6) is 0.612. The summed E-state index contributed by atoms with van der Waals surface area (Å²) in [5.41, 5.74) is 4.98. The number of pyridine rings is 1. The highest BCUT2D eigenvalue weighted by Gasteiger charge is 2.14. The summed E-state index contributed by atoms with van der Waals surface area (Å²) >= 11 is 6.25. The third-order valence-electron chi connectivity index (χ3n) is 4.80. The number of rotatable bonds is 9. The topological polar surface area (TPSA) is 67.2 Å². The predicted molar refractivity (Wildman–Crippen MR) is 117 cm³/mol. The molecule has 0 aliphatic carbocycles. The molecule has 0 saturated carbocycles. The van der Waals surface area contributed by atoms with Gasteiger partial charge in [-0.15, -0.1) is 0 Å². The Morgan fingerprint density at radius 2 is 2.07 bits per heavy atom. The van der Waals surface area contributed by atoms with E-state index in [9.17, 15) is 9.65 Å². The Morgan fingerprint density at radius 1 is 1.23 bits per heavy atom. The first-order valence-electron chi connectivity index (χ1n) is 9.65. The first kappa shape index (κ1) is 21.8. The molecule has 0 atom stereocenters. The van der Waals surface area contributed by atoms with Crippen LogP contribution < -0.4 is 10.1 Å². The standard InChI is InChI=1S/C23H23ClFN3O2/c1-3-17-8-16(11-26)9-19-22(17)28-13-18(14-30-7-6-25)23(19)27-12-15-4-5-21(29-2)20(24)10-15/h4-5,8-10,13H,3,6-7,12,14H2,1-2H3,(H,27,28)/i25-1. The smallest absolute Gasteiger partial charge is 0.137 e. The lowest BCUT2D eigenvalue weighted by atomic mass is 10.0. The number of methoxy groups -OCH3 is 1. The minimum Gasteiger partial charge on any atom is -0.495 e. The van der Waals surface area contributed by atoms with E-state index >= 15 is 0 Å². The van der Waals surface area contributed by atoms with Crippen LogP contribution >= 0.6 is 11.6 Å². The van der Waals surface area contributed by atoms with Crippen molar-refractivity contribution in [2.24, 2.45) is 0 Å². The fourth-order valence-electron chi connectivity index (χ4n) is 3.32. The number of hydrogen-bond acceptors (Lipinski definition) is 5. The zero-order valence-electron chi connectivity index (χ0n) is 17.0. The molecule has 5 nitrogen and oxygen atoms in total. The zero-order valence-corrected chi connectivity index (χ0v) is 17.7. The highest BCUT2D eigenvalue weighted by molar-refractivity contribution is 6.32. The molecule has 1 heterocycles. The van der Waals surface area contributed by atoms with E-state index in [2.05, 4.69) is 16.4 Å². The fraction of sp³-hybridized carbons (Fsp3) is 0.304. The number of aromatic nitrogens is 1. The van der Waals surface area contributed by atoms with Gasteiger partial charge in [0.15, 0.2) is 0 Å². The fourth-order valence-corrected chi connectivity index (χ4v) is 3.60. The molecule has 3 aromatic rings. The number of fused-ring (bicyclic) bond motifs is 1. The van der Waals surface area contributed by atoms with Gasteiger partial charge >= 0.3 is 0 Å². The monoisotopic (exact) mass is 426 g/mol. The van der Waals surface area contributed by atoms with Crippen LogP contribution in [0.15, 0.2) is 36.5 Å². The van der Waals surface area contributed by atoms with Gasteiger partial charge in [-0.2, -0.15) is 5.26 Å². The summed E-state index contributed by atoms with van der Waals surface area (Å²) in [4.78, 5) is 4.60. The van der Waals surface area contributed by atoms with Crippen molar-refractivity contribution >= 4 is 28.2 Å². The van der Waals surface area contributed by atoms with E-state index in [4.69, 9.17) is 21.1 Å². The van der Waals surface area contributed by atoms with Gasteiger partial charge in [-0.3, -0.25) is 4.98 Å². The third-order valence-corrected chi connectivity index (χ3v) is 5.10. The second kappa shape index (κ2) is 10.2. The number of nitriles is 1. The maximum Gasteiger partial charge on any atom is 0.137 e. The number of aryl methyl sites for hydroxylation is 1. The van der Waals surface area contributed by atoms with Crippen LogP contribution in [-0.2, 0) is 24.3 Å². The minimum atomic E-state index is -0.549. The van der Waals surface area contributed by atoms with Crippen molar-refractivity contribution in [1.29, 1.82) is 5.26 Å². The van der Waals surface area contributed by atoms with Crippen molar-refractivity contribution in [3.63, 3.8) is 0 Å². The van der Waals surface area contributed by atoms with E-state index in [0.717, 1.165) is 39.7 Å². The van der Waals surface area contributed by atoms with Gasteiger partial charge in [0.05, 0.1) is 48.2 Å². The largest absolute Gasteiger partial charge is 0.495 e. The summed E-state index contributed by atoms with van der Waals surface area (Å²) < 4.78 is 23.1. The van der Waals surface area contributed by atoms with Crippen LogP contribution in [0.3, 0.4) is 0 Å². The van der Waals surface area contributed by atoms with E-state index in [1.54, 1.807) is 13.3 Å². The molecule has 1 N–H and O–H groups in total. The number of benzene rings is 2. The molecular weight excluding hydrogens is 404 g/mol. The van der Waals surface area contributed by atoms with E-state index in [0.29, 0.717) is 22.9 Å². The van der Waals surface area contributed by atoms with Gasteiger partial charge in [-0.05, 0) is 41.8 Å². The SMILES string of the molecule is CCc1cc(C#N)cc2c(NCc3ccc(OC)c(Cl)c3)c(COCC[18F])cnc12. The van der Waals surface area contributed by atoms with Gasteiger partial charge in [0, 0.05) is 23.7 Å². The molecule has 1 aromatic heterocycles. The molecule has 156 valence electrons. The number of anilines is 1. The molecule has 0 saturated heterocycles. The van der Waals surface area contributed by atoms with Crippen LogP contribution in [0.2, 0.25) is 5.02 Å². The van der Waals surface area contributed by atoms with Gasteiger partial charge in [0.1, 0.15) is 12.4 Å². The second-order valence-electron chi connectivity index (χ2n) is 6.72. The maximum atomic E-state index is 12.5. The summed E-state index contributed by atoms with van der Waals surface area (Å²) in [7, 11) is 1.57. The summed E-state index contributed by atoms with van der Waals surface area (Å²) in [6, 6.07) is 11.5. The van der Waals surface area contributed by atoms with Gasteiger partial charge in [0.25, 0.3) is 0 Å². The first-order valence-corrected chi connectivity index (χ1v) is 10.0. The van der Waals surface area contributed by atoms with Crippen molar-refractivity contribution in [2.45, 2.75) is 26.5 Å². The number of nitrogens with one attached hydrogen (secondary N) is 1. The molecule has 0 amide bonds. The molecule has 0 aliphatic rings. The van der Waals surface area contributed by atoms with Crippen LogP contribution in [0, 0.1) is 11.3 Å². The van der Waals surface area contributed by atoms with E-state index < -0.39 is 6.67 Å². The second-order valence-corrected chi connectivity index (χ2v) is 7.13. The Morgan fingerprint density at radius 3 is 2.73 bits per heavy atom. The molecule has 0 spiro atoms. The van der Waals surface area contributed by atoms with Crippen molar-refractivity contribution in [2.75, 3.05) is 25.7 Å². The normalized spacial score (nSPS) is 10.8. The highest BCUT2D eigenvalue weighted by Crippen LogP contribution is 2.31. The molecule has 0 bridgehead atoms. The van der Waals surface area contributed by atoms with Crippen LogP contribution in [0.4, 0.5) is 10.1 Å². The van der Waals surface area contributed by atoms with Crippen LogP contribution in [0.5, 0.6) is 5.75 Å². The first-order chi connectivity index (χ1) is 14.6. The average molecular weight is 427 g/mol. The van der Waals surface area contributed by atoms with Crippen molar-refractivity contribution in [3.05, 3.63) is 63.8 Å². The highest BCUT2D eigenvalue weighted by atomic mass is 35.5.